The van der Waals surface area contributed by atoms with Crippen molar-refractivity contribution in [2.75, 3.05) is 0 Å². The molecule has 1 aliphatic carbocycles. The summed E-state index contributed by atoms with van der Waals surface area (Å²) in [5, 5.41) is 17.9. The van der Waals surface area contributed by atoms with Crippen molar-refractivity contribution in [1.82, 2.24) is 9.44 Å². The molecule has 0 unspecified atom stereocenters. The Balaban J connectivity index is 1.91. The highest BCUT2D eigenvalue weighted by Crippen LogP contribution is 2.38. The van der Waals surface area contributed by atoms with E-state index in [1.807, 2.05) is 0 Å². The molecule has 0 saturated carbocycles. The summed E-state index contributed by atoms with van der Waals surface area (Å²) in [5.41, 5.74) is 2.75. The van der Waals surface area contributed by atoms with E-state index in [1.54, 1.807) is 12.1 Å². The van der Waals surface area contributed by atoms with Crippen molar-refractivity contribution in [3.05, 3.63) is 47.5 Å². The number of hydrogen-bond acceptors (Lipinski definition) is 6. The molecular weight excluding hydrogens is 448 g/mol. The number of sulfonamides is 2. The maximum absolute atomic E-state index is 12.5. The molecule has 10 nitrogen and oxygen atoms in total. The van der Waals surface area contributed by atoms with Crippen LogP contribution in [0.4, 0.5) is 0 Å². The van der Waals surface area contributed by atoms with Gasteiger partial charge in [0.2, 0.25) is 20.0 Å². The molecule has 0 spiro atoms. The molecule has 166 valence electrons. The first-order chi connectivity index (χ1) is 14.3. The van der Waals surface area contributed by atoms with Gasteiger partial charge in [-0.2, -0.15) is 9.44 Å². The molecule has 31 heavy (non-hydrogen) atoms. The Morgan fingerprint density at radius 3 is 1.45 bits per heavy atom. The van der Waals surface area contributed by atoms with E-state index in [4.69, 9.17) is 10.2 Å². The SMILES string of the molecule is C[C@H](NS(=O)(=O)c1ccc2c(c1)Cc1cc(S(=O)(=O)N[C@H](C)C(=O)O)ccc1-2)C(=O)O. The third-order valence-corrected chi connectivity index (χ3v) is 7.93. The van der Waals surface area contributed by atoms with Gasteiger partial charge >= 0.3 is 11.9 Å². The lowest BCUT2D eigenvalue weighted by Gasteiger charge is -2.11. The minimum Gasteiger partial charge on any atom is -0.480 e. The van der Waals surface area contributed by atoms with Crippen LogP contribution in [-0.4, -0.2) is 51.1 Å². The number of benzene rings is 2. The lowest BCUT2D eigenvalue weighted by molar-refractivity contribution is -0.139. The molecule has 12 heteroatoms. The maximum atomic E-state index is 12.5. The lowest BCUT2D eigenvalue weighted by Crippen LogP contribution is -2.38. The van der Waals surface area contributed by atoms with Crippen molar-refractivity contribution in [3.8, 4) is 11.1 Å². The second-order valence-electron chi connectivity index (χ2n) is 7.18. The monoisotopic (exact) mass is 468 g/mol. The quantitative estimate of drug-likeness (QED) is 0.376. The van der Waals surface area contributed by atoms with Crippen LogP contribution >= 0.6 is 0 Å². The number of carboxylic acid groups (broad SMARTS) is 2. The van der Waals surface area contributed by atoms with Gasteiger partial charge in [-0.05, 0) is 66.8 Å². The number of rotatable bonds is 8. The average Bonchev–Trinajstić information content (AvgIpc) is 3.04. The van der Waals surface area contributed by atoms with Crippen LogP contribution in [0.1, 0.15) is 25.0 Å². The third-order valence-electron chi connectivity index (χ3n) is 4.85. The molecule has 0 radical (unpaired) electrons. The number of fused-ring (bicyclic) bond motifs is 3. The molecule has 0 fully saturated rings. The zero-order chi connectivity index (χ0) is 23.1. The van der Waals surface area contributed by atoms with Crippen LogP contribution in [0.5, 0.6) is 0 Å². The fourth-order valence-corrected chi connectivity index (χ4v) is 5.69. The van der Waals surface area contributed by atoms with Crippen molar-refractivity contribution in [1.29, 1.82) is 0 Å². The van der Waals surface area contributed by atoms with Gasteiger partial charge in [-0.3, -0.25) is 9.59 Å². The van der Waals surface area contributed by atoms with E-state index in [9.17, 15) is 26.4 Å². The normalized spacial score (nSPS) is 15.0. The van der Waals surface area contributed by atoms with Crippen LogP contribution < -0.4 is 9.44 Å². The molecule has 3 rings (SSSR count). The van der Waals surface area contributed by atoms with Gasteiger partial charge in [0.15, 0.2) is 0 Å². The molecule has 4 N–H and O–H groups in total. The minimum atomic E-state index is -4.06. The number of aliphatic carboxylic acids is 2. The Bertz CT molecular complexity index is 1190. The Morgan fingerprint density at radius 2 is 1.13 bits per heavy atom. The highest BCUT2D eigenvalue weighted by Gasteiger charge is 2.27. The number of hydrogen-bond donors (Lipinski definition) is 4. The van der Waals surface area contributed by atoms with Gasteiger partial charge in [0, 0.05) is 0 Å². The molecule has 0 bridgehead atoms. The second kappa shape index (κ2) is 8.04. The van der Waals surface area contributed by atoms with Gasteiger partial charge in [-0.1, -0.05) is 12.1 Å². The van der Waals surface area contributed by atoms with E-state index in [1.165, 1.54) is 38.1 Å². The van der Waals surface area contributed by atoms with E-state index in [0.717, 1.165) is 11.1 Å². The molecule has 0 amide bonds. The number of carboxylic acids is 2. The number of nitrogens with one attached hydrogen (secondary N) is 2. The van der Waals surface area contributed by atoms with E-state index in [0.29, 0.717) is 11.1 Å². The standard InChI is InChI=1S/C19H20N2O8S2/c1-10(18(22)23)20-30(26,27)14-3-5-16-12(8-14)7-13-9-15(4-6-17(13)16)31(28,29)21-11(2)19(24)25/h3-6,8-11,20-21H,7H2,1-2H3,(H,22,23)(H,24,25)/t10-,11+. The van der Waals surface area contributed by atoms with Gasteiger partial charge in [-0.15, -0.1) is 0 Å². The number of carbonyl (C=O) groups is 2. The Morgan fingerprint density at radius 1 is 0.774 bits per heavy atom. The molecule has 2 aromatic carbocycles. The van der Waals surface area contributed by atoms with Crippen LogP contribution in [0, 0.1) is 0 Å². The summed E-state index contributed by atoms with van der Waals surface area (Å²) in [5.74, 6) is -2.62. The highest BCUT2D eigenvalue weighted by atomic mass is 32.2. The summed E-state index contributed by atoms with van der Waals surface area (Å²) in [4.78, 5) is 21.7. The Labute approximate surface area is 179 Å². The van der Waals surface area contributed by atoms with Crippen LogP contribution in [0.2, 0.25) is 0 Å². The maximum Gasteiger partial charge on any atom is 0.321 e. The van der Waals surface area contributed by atoms with Crippen molar-refractivity contribution < 1.29 is 36.6 Å². The molecule has 2 atom stereocenters. The van der Waals surface area contributed by atoms with Crippen LogP contribution in [0.3, 0.4) is 0 Å². The highest BCUT2D eigenvalue weighted by molar-refractivity contribution is 7.89. The third kappa shape index (κ3) is 4.61. The van der Waals surface area contributed by atoms with Gasteiger partial charge in [0.1, 0.15) is 12.1 Å². The zero-order valence-electron chi connectivity index (χ0n) is 16.5. The Hall–Kier alpha value is -2.80. The first-order valence-electron chi connectivity index (χ1n) is 9.08. The minimum absolute atomic E-state index is 0.100. The van der Waals surface area contributed by atoms with E-state index < -0.39 is 44.1 Å². The van der Waals surface area contributed by atoms with Gasteiger partial charge in [0.05, 0.1) is 9.79 Å². The van der Waals surface area contributed by atoms with Crippen molar-refractivity contribution in [2.24, 2.45) is 0 Å². The summed E-state index contributed by atoms with van der Waals surface area (Å²) in [6.07, 6.45) is 0.264. The summed E-state index contributed by atoms with van der Waals surface area (Å²) >= 11 is 0. The molecule has 2 aromatic rings. The first-order valence-corrected chi connectivity index (χ1v) is 12.0. The molecule has 0 saturated heterocycles. The predicted octanol–water partition coefficient (Wildman–Crippen LogP) is 0.761. The first kappa shape index (κ1) is 22.9. The fourth-order valence-electron chi connectivity index (χ4n) is 3.20. The van der Waals surface area contributed by atoms with E-state index in [-0.39, 0.29) is 16.2 Å². The van der Waals surface area contributed by atoms with Gasteiger partial charge in [0.25, 0.3) is 0 Å². The van der Waals surface area contributed by atoms with Gasteiger partial charge in [-0.25, -0.2) is 16.8 Å². The summed E-state index contributed by atoms with van der Waals surface area (Å²) in [6, 6.07) is 6.11. The predicted molar refractivity (Wildman–Crippen MR) is 110 cm³/mol. The summed E-state index contributed by atoms with van der Waals surface area (Å²) < 4.78 is 54.0. The van der Waals surface area contributed by atoms with E-state index >= 15 is 0 Å². The fraction of sp³-hybridized carbons (Fsp3) is 0.263. The van der Waals surface area contributed by atoms with E-state index in [2.05, 4.69) is 9.44 Å². The van der Waals surface area contributed by atoms with Crippen LogP contribution in [0.15, 0.2) is 46.2 Å². The molecule has 0 aliphatic heterocycles. The van der Waals surface area contributed by atoms with Crippen LogP contribution in [0.25, 0.3) is 11.1 Å². The smallest absolute Gasteiger partial charge is 0.321 e. The van der Waals surface area contributed by atoms with Crippen molar-refractivity contribution >= 4 is 32.0 Å². The van der Waals surface area contributed by atoms with Gasteiger partial charge < -0.3 is 10.2 Å². The lowest BCUT2D eigenvalue weighted by atomic mass is 10.1. The molecular formula is C19H20N2O8S2. The molecule has 0 heterocycles. The van der Waals surface area contributed by atoms with Crippen molar-refractivity contribution in [3.63, 3.8) is 0 Å². The van der Waals surface area contributed by atoms with Crippen molar-refractivity contribution in [2.45, 2.75) is 42.1 Å². The largest absolute Gasteiger partial charge is 0.480 e. The second-order valence-corrected chi connectivity index (χ2v) is 10.6. The average molecular weight is 469 g/mol. The van der Waals surface area contributed by atoms with Crippen LogP contribution in [-0.2, 0) is 36.1 Å². The summed E-state index contributed by atoms with van der Waals surface area (Å²) in [7, 11) is -8.12. The topological polar surface area (TPSA) is 167 Å². The molecule has 0 aromatic heterocycles. The Kier molecular flexibility index (Phi) is 5.93. The zero-order valence-corrected chi connectivity index (χ0v) is 18.1. The molecule has 1 aliphatic rings. The summed E-state index contributed by atoms with van der Waals surface area (Å²) in [6.45, 7) is 2.43.